The Balaban J connectivity index is 0.000000123. The minimum atomic E-state index is -1.25. The van der Waals surface area contributed by atoms with Crippen LogP contribution in [0.25, 0.3) is 43.2 Å². The lowest BCUT2D eigenvalue weighted by Crippen LogP contribution is -2.40. The summed E-state index contributed by atoms with van der Waals surface area (Å²) in [5, 5.41) is 11.9. The topological polar surface area (TPSA) is 20.7 Å². The number of hydrogen-bond donors (Lipinski definition) is 1. The third-order valence-electron chi connectivity index (χ3n) is 11.9. The van der Waals surface area contributed by atoms with Crippen molar-refractivity contribution in [1.29, 1.82) is 0 Å². The van der Waals surface area contributed by atoms with Crippen LogP contribution in [-0.2, 0) is 7.05 Å². The van der Waals surface area contributed by atoms with Crippen LogP contribution in [0.1, 0.15) is 52.8 Å². The second kappa shape index (κ2) is 15.6. The van der Waals surface area contributed by atoms with E-state index in [1.807, 2.05) is 0 Å². The van der Waals surface area contributed by atoms with Crippen molar-refractivity contribution >= 4 is 58.7 Å². The average molecular weight is 731 g/mol. The van der Waals surface area contributed by atoms with Crippen molar-refractivity contribution in [2.45, 2.75) is 68.5 Å². The van der Waals surface area contributed by atoms with Gasteiger partial charge < -0.3 is 9.55 Å². The molecule has 0 aliphatic carbocycles. The fraction of sp³-hybridized carbons (Fsp3) is 0.224. The van der Waals surface area contributed by atoms with Gasteiger partial charge in [-0.25, -0.2) is 0 Å². The van der Waals surface area contributed by atoms with Crippen LogP contribution in [-0.4, -0.2) is 17.6 Å². The summed E-state index contributed by atoms with van der Waals surface area (Å²) in [7, 11) is 0.591. The summed E-state index contributed by atoms with van der Waals surface area (Å²) in [6.45, 7) is 22.6. The van der Waals surface area contributed by atoms with E-state index < -0.39 is 8.07 Å². The summed E-state index contributed by atoms with van der Waals surface area (Å²) in [5.41, 5.74) is 12.4. The molecule has 3 aromatic heterocycles. The van der Waals surface area contributed by atoms with Crippen LogP contribution in [0.2, 0.25) is 13.1 Å². The van der Waals surface area contributed by atoms with Crippen LogP contribution in [0.5, 0.6) is 0 Å². The summed E-state index contributed by atoms with van der Waals surface area (Å²) in [6, 6.07) is 45.5. The van der Waals surface area contributed by atoms with Gasteiger partial charge in [0.2, 0.25) is 0 Å². The summed E-state index contributed by atoms with van der Waals surface area (Å²) in [4.78, 5) is 3.33. The molecular formula is C49H55N2PSi. The molecular weight excluding hydrogens is 676 g/mol. The zero-order chi connectivity index (χ0) is 38.0. The van der Waals surface area contributed by atoms with Crippen LogP contribution in [0.15, 0.2) is 133 Å². The number of H-pyrrole nitrogens is 1. The highest BCUT2D eigenvalue weighted by atomic mass is 31.1. The quantitative estimate of drug-likeness (QED) is 0.162. The van der Waals surface area contributed by atoms with E-state index in [0.717, 1.165) is 0 Å². The van der Waals surface area contributed by atoms with E-state index in [9.17, 15) is 0 Å². The highest BCUT2D eigenvalue weighted by molar-refractivity contribution is 7.63. The molecule has 5 aromatic carbocycles. The first kappa shape index (κ1) is 37.9. The van der Waals surface area contributed by atoms with Gasteiger partial charge in [0.1, 0.15) is 8.07 Å². The second-order valence-electron chi connectivity index (χ2n) is 15.0. The van der Waals surface area contributed by atoms with Gasteiger partial charge in [-0.3, -0.25) is 0 Å². The predicted octanol–water partition coefficient (Wildman–Crippen LogP) is 14.0. The zero-order valence-corrected chi connectivity index (χ0v) is 35.4. The van der Waals surface area contributed by atoms with Crippen molar-refractivity contribution in [3.8, 4) is 5.30 Å². The van der Waals surface area contributed by atoms with Gasteiger partial charge in [-0.2, -0.15) is 0 Å². The van der Waals surface area contributed by atoms with Crippen LogP contribution in [0, 0.1) is 41.5 Å². The Morgan fingerprint density at radius 3 is 1.77 bits per heavy atom. The summed E-state index contributed by atoms with van der Waals surface area (Å²) < 4.78 is 2.24. The molecule has 0 saturated carbocycles. The van der Waals surface area contributed by atoms with Crippen LogP contribution in [0.4, 0.5) is 0 Å². The van der Waals surface area contributed by atoms with Crippen molar-refractivity contribution in [2.24, 2.45) is 7.05 Å². The minimum absolute atomic E-state index is 0.277. The Morgan fingerprint density at radius 1 is 0.547 bits per heavy atom. The normalized spacial score (nSPS) is 13.2. The monoisotopic (exact) mass is 730 g/mol. The maximum atomic E-state index is 3.33. The molecule has 1 aliphatic rings. The van der Waals surface area contributed by atoms with Crippen molar-refractivity contribution in [3.05, 3.63) is 172 Å². The summed E-state index contributed by atoms with van der Waals surface area (Å²) >= 11 is 0. The number of allylic oxidation sites excluding steroid dienone is 2. The molecule has 1 N–H and O–H groups in total. The van der Waals surface area contributed by atoms with E-state index in [1.165, 1.54) is 76.8 Å². The molecule has 0 fully saturated rings. The molecule has 53 heavy (non-hydrogen) atoms. The highest BCUT2D eigenvalue weighted by Gasteiger charge is 2.34. The van der Waals surface area contributed by atoms with Crippen LogP contribution < -0.4 is 5.19 Å². The first-order valence-corrected chi connectivity index (χ1v) is 23.1. The number of para-hydroxylation sites is 2. The number of hydrogen-bond acceptors (Lipinski definition) is 0. The van der Waals surface area contributed by atoms with E-state index in [1.54, 1.807) is 15.7 Å². The summed E-state index contributed by atoms with van der Waals surface area (Å²) in [6.07, 6.45) is 0. The predicted molar refractivity (Wildman–Crippen MR) is 239 cm³/mol. The first-order chi connectivity index (χ1) is 25.3. The largest absolute Gasteiger partial charge is 0.358 e. The van der Waals surface area contributed by atoms with Crippen molar-refractivity contribution in [1.82, 2.24) is 9.55 Å². The second-order valence-corrected chi connectivity index (χ2v) is 21.9. The van der Waals surface area contributed by atoms with E-state index >= 15 is 0 Å². The van der Waals surface area contributed by atoms with Gasteiger partial charge in [0.25, 0.3) is 0 Å². The Bertz CT molecular complexity index is 2540. The smallest absolute Gasteiger partial charge is 0.108 e. The summed E-state index contributed by atoms with van der Waals surface area (Å²) in [5.74, 6) is 0. The Labute approximate surface area is 319 Å². The molecule has 9 rings (SSSR count). The first-order valence-electron chi connectivity index (χ1n) is 18.8. The maximum Gasteiger partial charge on any atom is 0.108 e. The molecule has 270 valence electrons. The third-order valence-corrected chi connectivity index (χ3v) is 18.6. The average Bonchev–Trinajstić information content (AvgIpc) is 3.77. The lowest BCUT2D eigenvalue weighted by Gasteiger charge is -2.19. The van der Waals surface area contributed by atoms with E-state index in [-0.39, 0.29) is 7.53 Å². The van der Waals surface area contributed by atoms with E-state index in [4.69, 9.17) is 0 Å². The molecule has 0 radical (unpaired) electrons. The molecule has 4 heterocycles. The number of aryl methyl sites for hydroxylation is 5. The number of nitrogens with one attached hydrogen (secondary N) is 1. The molecule has 8 aromatic rings. The Hall–Kier alpha value is -4.82. The standard InChI is InChI=1S/C16H15P.C12H16Si.C11H13N.C10H11N/c1-12-13(2)17(14-8-4-3-5-9-14)16-11-7-6-10-15(12)16;1-9-10(2)13(3,4)12-8-6-5-7-11(9)12;1-8-9(2)12(3)11-7-5-4-6-10(8)11;1-7-8(2)11-10-6-4-3-5-9(7)10/h3-11H,1-2H3;5-8H,1-4H3;4-7H,1-3H3;3-6,11H,1-2H3. The van der Waals surface area contributed by atoms with Gasteiger partial charge in [0.15, 0.2) is 0 Å². The molecule has 0 amide bonds. The van der Waals surface area contributed by atoms with Crippen molar-refractivity contribution in [3.63, 3.8) is 0 Å². The van der Waals surface area contributed by atoms with Gasteiger partial charge >= 0.3 is 0 Å². The molecule has 1 unspecified atom stereocenters. The van der Waals surface area contributed by atoms with Gasteiger partial charge in [0.05, 0.1) is 0 Å². The minimum Gasteiger partial charge on any atom is -0.358 e. The molecule has 4 heteroatoms. The molecule has 2 nitrogen and oxygen atoms in total. The van der Waals surface area contributed by atoms with Crippen LogP contribution in [0.3, 0.4) is 0 Å². The van der Waals surface area contributed by atoms with Crippen molar-refractivity contribution in [2.75, 3.05) is 0 Å². The number of benzene rings is 5. The SMILES string of the molecule is CC1=C(C)[Si](C)(C)c2ccccc21.Cc1[nH]c2ccccc2c1C.Cc1c(C)n(C)c2ccccc12.Cc1c(C)p(-c2ccccc2)c2ccccc12. The zero-order valence-electron chi connectivity index (χ0n) is 33.5. The van der Waals surface area contributed by atoms with Crippen LogP contribution >= 0.6 is 7.53 Å². The number of aromatic amines is 1. The maximum absolute atomic E-state index is 3.33. The van der Waals surface area contributed by atoms with Gasteiger partial charge in [0, 0.05) is 45.4 Å². The lowest BCUT2D eigenvalue weighted by molar-refractivity contribution is 0.910. The highest BCUT2D eigenvalue weighted by Crippen LogP contribution is 2.52. The van der Waals surface area contributed by atoms with E-state index in [2.05, 4.69) is 212 Å². The lowest BCUT2D eigenvalue weighted by atomic mass is 10.1. The number of rotatable bonds is 1. The molecule has 0 spiro atoms. The van der Waals surface area contributed by atoms with E-state index in [0.29, 0.717) is 0 Å². The number of fused-ring (bicyclic) bond motifs is 4. The Kier molecular flexibility index (Phi) is 11.2. The molecule has 0 saturated heterocycles. The van der Waals surface area contributed by atoms with Gasteiger partial charge in [-0.15, -0.1) is 0 Å². The third kappa shape index (κ3) is 7.26. The number of aromatic nitrogens is 2. The molecule has 1 atom stereocenters. The molecule has 1 aliphatic heterocycles. The van der Waals surface area contributed by atoms with Gasteiger partial charge in [-0.1, -0.05) is 141 Å². The van der Waals surface area contributed by atoms with Gasteiger partial charge in [-0.05, 0) is 117 Å². The fourth-order valence-electron chi connectivity index (χ4n) is 7.79. The fourth-order valence-corrected chi connectivity index (χ4v) is 13.4. The Morgan fingerprint density at radius 2 is 1.11 bits per heavy atom. The number of nitrogens with zero attached hydrogens (tertiary/aromatic N) is 1. The molecule has 0 bridgehead atoms. The van der Waals surface area contributed by atoms with Crippen molar-refractivity contribution < 1.29 is 0 Å².